The van der Waals surface area contributed by atoms with E-state index in [9.17, 15) is 4.79 Å². The molecular weight excluding hydrogens is 272 g/mol. The Bertz CT molecular complexity index is 647. The number of hydrogen-bond acceptors (Lipinski definition) is 2. The third-order valence-electron chi connectivity index (χ3n) is 3.45. The van der Waals surface area contributed by atoms with Gasteiger partial charge in [0.1, 0.15) is 0 Å². The number of unbranched alkanes of at least 4 members (excludes halogenated alkanes) is 1. The minimum Gasteiger partial charge on any atom is -0.267 e. The lowest BCUT2D eigenvalue weighted by atomic mass is 10.1. The molecule has 0 spiro atoms. The first-order chi connectivity index (χ1) is 10.7. The normalized spacial score (nSPS) is 11.3. The van der Waals surface area contributed by atoms with Gasteiger partial charge in [0, 0.05) is 5.56 Å². The van der Waals surface area contributed by atoms with Crippen LogP contribution in [0.4, 0.5) is 0 Å². The van der Waals surface area contributed by atoms with E-state index in [0.29, 0.717) is 5.56 Å². The number of hydrogen-bond donors (Lipinski definition) is 1. The second kappa shape index (κ2) is 8.13. The van der Waals surface area contributed by atoms with Crippen LogP contribution < -0.4 is 5.43 Å². The van der Waals surface area contributed by atoms with Gasteiger partial charge in [-0.25, -0.2) is 5.43 Å². The van der Waals surface area contributed by atoms with Crippen molar-refractivity contribution in [2.75, 3.05) is 0 Å². The Morgan fingerprint density at radius 1 is 1.05 bits per heavy atom. The highest BCUT2D eigenvalue weighted by Gasteiger charge is 2.07. The van der Waals surface area contributed by atoms with Crippen molar-refractivity contribution in [3.8, 4) is 0 Å². The summed E-state index contributed by atoms with van der Waals surface area (Å²) < 4.78 is 0. The SMILES string of the molecule is CCCCC(=NNC(=O)c1cccc(C)c1)c1ccccc1. The molecule has 2 aromatic carbocycles. The van der Waals surface area contributed by atoms with Crippen molar-refractivity contribution >= 4 is 11.6 Å². The summed E-state index contributed by atoms with van der Waals surface area (Å²) in [6, 6.07) is 17.5. The molecule has 2 rings (SSSR count). The van der Waals surface area contributed by atoms with Crippen molar-refractivity contribution in [3.05, 3.63) is 71.3 Å². The maximum Gasteiger partial charge on any atom is 0.271 e. The Morgan fingerprint density at radius 3 is 2.45 bits per heavy atom. The fourth-order valence-corrected chi connectivity index (χ4v) is 2.21. The van der Waals surface area contributed by atoms with Crippen molar-refractivity contribution in [1.82, 2.24) is 5.43 Å². The fourth-order valence-electron chi connectivity index (χ4n) is 2.21. The summed E-state index contributed by atoms with van der Waals surface area (Å²) in [6.07, 6.45) is 3.00. The first-order valence-corrected chi connectivity index (χ1v) is 7.69. The molecule has 0 bridgehead atoms. The molecule has 0 atom stereocenters. The van der Waals surface area contributed by atoms with E-state index in [1.807, 2.05) is 55.5 Å². The Labute approximate surface area is 132 Å². The summed E-state index contributed by atoms with van der Waals surface area (Å²) in [5.74, 6) is -0.173. The number of nitrogens with zero attached hydrogens (tertiary/aromatic N) is 1. The van der Waals surface area contributed by atoms with Gasteiger partial charge < -0.3 is 0 Å². The minimum absolute atomic E-state index is 0.173. The van der Waals surface area contributed by atoms with Crippen molar-refractivity contribution in [2.45, 2.75) is 33.1 Å². The summed E-state index contributed by atoms with van der Waals surface area (Å²) >= 11 is 0. The Hall–Kier alpha value is -2.42. The Balaban J connectivity index is 2.14. The molecule has 1 amide bonds. The van der Waals surface area contributed by atoms with Crippen LogP contribution in [-0.4, -0.2) is 11.6 Å². The second-order valence-corrected chi connectivity index (χ2v) is 5.34. The first kappa shape index (κ1) is 16.0. The van der Waals surface area contributed by atoms with Gasteiger partial charge >= 0.3 is 0 Å². The molecule has 0 aliphatic heterocycles. The van der Waals surface area contributed by atoms with Gasteiger partial charge in [0.25, 0.3) is 5.91 Å². The molecule has 0 saturated carbocycles. The molecule has 0 heterocycles. The maximum atomic E-state index is 12.2. The lowest BCUT2D eigenvalue weighted by Gasteiger charge is -2.07. The molecule has 0 aliphatic carbocycles. The van der Waals surface area contributed by atoms with Crippen LogP contribution in [0.1, 0.15) is 47.7 Å². The van der Waals surface area contributed by atoms with Crippen molar-refractivity contribution in [1.29, 1.82) is 0 Å². The fraction of sp³-hybridized carbons (Fsp3) is 0.263. The summed E-state index contributed by atoms with van der Waals surface area (Å²) in [6.45, 7) is 4.12. The van der Waals surface area contributed by atoms with Gasteiger partial charge in [0.15, 0.2) is 0 Å². The zero-order valence-corrected chi connectivity index (χ0v) is 13.2. The van der Waals surface area contributed by atoms with Gasteiger partial charge in [-0.05, 0) is 37.5 Å². The quantitative estimate of drug-likeness (QED) is 0.625. The number of aryl methyl sites for hydroxylation is 1. The van der Waals surface area contributed by atoms with E-state index in [0.717, 1.165) is 36.1 Å². The molecule has 1 N–H and O–H groups in total. The van der Waals surface area contributed by atoms with Gasteiger partial charge in [0.2, 0.25) is 0 Å². The predicted molar refractivity (Wildman–Crippen MR) is 91.1 cm³/mol. The van der Waals surface area contributed by atoms with Crippen LogP contribution in [0.3, 0.4) is 0 Å². The van der Waals surface area contributed by atoms with E-state index in [4.69, 9.17) is 0 Å². The predicted octanol–water partition coefficient (Wildman–Crippen LogP) is 4.32. The third kappa shape index (κ3) is 4.55. The molecule has 0 aliphatic rings. The molecule has 0 unspecified atom stereocenters. The average Bonchev–Trinajstić information content (AvgIpc) is 2.55. The second-order valence-electron chi connectivity index (χ2n) is 5.34. The number of hydrazone groups is 1. The number of amides is 1. The largest absolute Gasteiger partial charge is 0.271 e. The van der Waals surface area contributed by atoms with Crippen LogP contribution in [0, 0.1) is 6.92 Å². The highest BCUT2D eigenvalue weighted by molar-refractivity contribution is 6.02. The van der Waals surface area contributed by atoms with Crippen LogP contribution in [0.2, 0.25) is 0 Å². The highest BCUT2D eigenvalue weighted by Crippen LogP contribution is 2.08. The smallest absolute Gasteiger partial charge is 0.267 e. The van der Waals surface area contributed by atoms with Gasteiger partial charge in [-0.2, -0.15) is 5.10 Å². The Morgan fingerprint density at radius 2 is 1.77 bits per heavy atom. The highest BCUT2D eigenvalue weighted by atomic mass is 16.2. The first-order valence-electron chi connectivity index (χ1n) is 7.69. The maximum absolute atomic E-state index is 12.2. The van der Waals surface area contributed by atoms with Crippen LogP contribution in [0.25, 0.3) is 0 Å². The number of benzene rings is 2. The summed E-state index contributed by atoms with van der Waals surface area (Å²) in [4.78, 5) is 12.2. The number of nitrogens with one attached hydrogen (secondary N) is 1. The van der Waals surface area contributed by atoms with E-state index in [1.165, 1.54) is 0 Å². The molecule has 0 fully saturated rings. The summed E-state index contributed by atoms with van der Waals surface area (Å²) in [7, 11) is 0. The minimum atomic E-state index is -0.173. The van der Waals surface area contributed by atoms with E-state index in [2.05, 4.69) is 17.5 Å². The standard InChI is InChI=1S/C19H22N2O/c1-3-4-13-18(16-10-6-5-7-11-16)20-21-19(22)17-12-8-9-15(2)14-17/h5-12,14H,3-4,13H2,1-2H3,(H,21,22). The van der Waals surface area contributed by atoms with Crippen LogP contribution >= 0.6 is 0 Å². The van der Waals surface area contributed by atoms with Gasteiger partial charge in [0.05, 0.1) is 5.71 Å². The van der Waals surface area contributed by atoms with Gasteiger partial charge in [-0.1, -0.05) is 61.4 Å². The number of carbonyl (C=O) groups is 1. The van der Waals surface area contributed by atoms with Crippen molar-refractivity contribution in [2.24, 2.45) is 5.10 Å². The lowest BCUT2D eigenvalue weighted by molar-refractivity contribution is 0.0954. The van der Waals surface area contributed by atoms with Gasteiger partial charge in [-0.15, -0.1) is 0 Å². The molecular formula is C19H22N2O. The van der Waals surface area contributed by atoms with Crippen LogP contribution in [-0.2, 0) is 0 Å². The van der Waals surface area contributed by atoms with Crippen molar-refractivity contribution in [3.63, 3.8) is 0 Å². The van der Waals surface area contributed by atoms with E-state index in [-0.39, 0.29) is 5.91 Å². The molecule has 3 nitrogen and oxygen atoms in total. The van der Waals surface area contributed by atoms with Crippen LogP contribution in [0.15, 0.2) is 59.7 Å². The monoisotopic (exact) mass is 294 g/mol. The summed E-state index contributed by atoms with van der Waals surface area (Å²) in [5, 5.41) is 4.35. The molecule has 114 valence electrons. The molecule has 0 radical (unpaired) electrons. The topological polar surface area (TPSA) is 41.5 Å². The zero-order valence-electron chi connectivity index (χ0n) is 13.2. The Kier molecular flexibility index (Phi) is 5.90. The molecule has 22 heavy (non-hydrogen) atoms. The molecule has 0 aromatic heterocycles. The van der Waals surface area contributed by atoms with E-state index < -0.39 is 0 Å². The third-order valence-corrected chi connectivity index (χ3v) is 3.45. The van der Waals surface area contributed by atoms with E-state index in [1.54, 1.807) is 6.07 Å². The van der Waals surface area contributed by atoms with Gasteiger partial charge in [-0.3, -0.25) is 4.79 Å². The summed E-state index contributed by atoms with van der Waals surface area (Å²) in [5.41, 5.74) is 6.35. The number of rotatable bonds is 6. The average molecular weight is 294 g/mol. The molecule has 3 heteroatoms. The van der Waals surface area contributed by atoms with Crippen molar-refractivity contribution < 1.29 is 4.79 Å². The lowest BCUT2D eigenvalue weighted by Crippen LogP contribution is -2.20. The number of carbonyl (C=O) groups excluding carboxylic acids is 1. The molecule has 0 saturated heterocycles. The van der Waals surface area contributed by atoms with E-state index >= 15 is 0 Å². The molecule has 2 aromatic rings. The van der Waals surface area contributed by atoms with Crippen LogP contribution in [0.5, 0.6) is 0 Å². The zero-order chi connectivity index (χ0) is 15.8.